The lowest BCUT2D eigenvalue weighted by molar-refractivity contribution is -0.120. The Kier molecular flexibility index (Phi) is 5.69. The molecule has 1 aromatic heterocycles. The highest BCUT2D eigenvalue weighted by atomic mass is 32.2. The first kappa shape index (κ1) is 18.9. The Hall–Kier alpha value is -1.84. The molecule has 1 amide bonds. The maximum Gasteiger partial charge on any atom is 0.230 e. The maximum atomic E-state index is 13.3. The van der Waals surface area contributed by atoms with Gasteiger partial charge in [-0.25, -0.2) is 22.1 Å². The summed E-state index contributed by atoms with van der Waals surface area (Å²) in [5, 5.41) is 3.24. The van der Waals surface area contributed by atoms with E-state index in [-0.39, 0.29) is 24.2 Å². The van der Waals surface area contributed by atoms with Gasteiger partial charge in [-0.2, -0.15) is 0 Å². The molecule has 9 heteroatoms. The first-order valence-corrected chi connectivity index (χ1v) is 10.9. The normalized spacial score (nSPS) is 18.6. The highest BCUT2D eigenvalue weighted by Crippen LogP contribution is 2.24. The number of carbonyl (C=O) groups excluding carboxylic acids is 1. The van der Waals surface area contributed by atoms with Crippen LogP contribution in [0.2, 0.25) is 0 Å². The van der Waals surface area contributed by atoms with E-state index in [2.05, 4.69) is 10.3 Å². The summed E-state index contributed by atoms with van der Waals surface area (Å²) in [4.78, 5) is 17.5. The van der Waals surface area contributed by atoms with Crippen molar-refractivity contribution in [2.75, 3.05) is 24.7 Å². The van der Waals surface area contributed by atoms with Gasteiger partial charge in [-0.1, -0.05) is 12.1 Å². The minimum absolute atomic E-state index is 0.201. The van der Waals surface area contributed by atoms with Crippen molar-refractivity contribution in [2.24, 2.45) is 5.92 Å². The van der Waals surface area contributed by atoms with Crippen LogP contribution in [0.25, 0.3) is 0 Å². The number of carbonyl (C=O) groups is 1. The lowest BCUT2D eigenvalue weighted by Crippen LogP contribution is -2.43. The van der Waals surface area contributed by atoms with E-state index in [1.165, 1.54) is 27.8 Å². The first-order valence-electron chi connectivity index (χ1n) is 8.26. The number of nitrogens with zero attached hydrogens (tertiary/aromatic N) is 2. The number of rotatable bonds is 5. The average molecular weight is 397 g/mol. The number of nitrogens with one attached hydrogen (secondary N) is 1. The first-order chi connectivity index (χ1) is 12.3. The van der Waals surface area contributed by atoms with Crippen LogP contribution in [0, 0.1) is 11.7 Å². The number of hydrogen-bond donors (Lipinski definition) is 1. The second-order valence-corrected chi connectivity index (χ2v) is 9.49. The van der Waals surface area contributed by atoms with Crippen molar-refractivity contribution in [3.05, 3.63) is 46.7 Å². The summed E-state index contributed by atoms with van der Waals surface area (Å²) in [5.74, 6) is -0.882. The maximum absolute atomic E-state index is 13.3. The number of hydrogen-bond acceptors (Lipinski definition) is 5. The summed E-state index contributed by atoms with van der Waals surface area (Å²) in [7, 11) is -3.29. The van der Waals surface area contributed by atoms with Crippen molar-refractivity contribution in [1.29, 1.82) is 0 Å². The summed E-state index contributed by atoms with van der Waals surface area (Å²) in [6.07, 6.45) is 4.67. The van der Waals surface area contributed by atoms with Crippen LogP contribution in [0.1, 0.15) is 23.3 Å². The zero-order valence-electron chi connectivity index (χ0n) is 14.3. The van der Waals surface area contributed by atoms with Crippen molar-refractivity contribution < 1.29 is 17.6 Å². The fraction of sp³-hybridized carbons (Fsp3) is 0.412. The molecule has 0 saturated carbocycles. The largest absolute Gasteiger partial charge is 0.302 e. The molecular formula is C17H20FN3O3S2. The van der Waals surface area contributed by atoms with Crippen LogP contribution >= 0.6 is 11.3 Å². The van der Waals surface area contributed by atoms with Crippen LogP contribution in [0.5, 0.6) is 0 Å². The molecule has 6 nitrogen and oxygen atoms in total. The van der Waals surface area contributed by atoms with Gasteiger partial charge in [0.1, 0.15) is 5.82 Å². The van der Waals surface area contributed by atoms with Gasteiger partial charge in [-0.15, -0.1) is 11.3 Å². The third-order valence-corrected chi connectivity index (χ3v) is 6.46. The molecule has 3 rings (SSSR count). The molecule has 0 spiro atoms. The Morgan fingerprint density at radius 3 is 3.00 bits per heavy atom. The van der Waals surface area contributed by atoms with Gasteiger partial charge in [-0.3, -0.25) is 4.79 Å². The topological polar surface area (TPSA) is 79.4 Å². The van der Waals surface area contributed by atoms with Gasteiger partial charge in [0.2, 0.25) is 15.9 Å². The van der Waals surface area contributed by atoms with Crippen LogP contribution < -0.4 is 5.32 Å². The minimum Gasteiger partial charge on any atom is -0.302 e. The average Bonchev–Trinajstić information content (AvgIpc) is 3.01. The number of aromatic nitrogens is 1. The molecule has 0 unspecified atom stereocenters. The highest BCUT2D eigenvalue weighted by molar-refractivity contribution is 7.88. The molecular weight excluding hydrogens is 377 g/mol. The van der Waals surface area contributed by atoms with Gasteiger partial charge in [0.05, 0.1) is 12.2 Å². The molecule has 140 valence electrons. The minimum atomic E-state index is -3.29. The Morgan fingerprint density at radius 1 is 1.46 bits per heavy atom. The lowest BCUT2D eigenvalue weighted by Gasteiger charge is -2.29. The molecule has 2 heterocycles. The van der Waals surface area contributed by atoms with Crippen molar-refractivity contribution in [3.8, 4) is 0 Å². The number of anilines is 1. The number of benzene rings is 1. The van der Waals surface area contributed by atoms with Gasteiger partial charge in [0.15, 0.2) is 5.13 Å². The van der Waals surface area contributed by atoms with E-state index < -0.39 is 10.0 Å². The van der Waals surface area contributed by atoms with Crippen molar-refractivity contribution in [1.82, 2.24) is 9.29 Å². The van der Waals surface area contributed by atoms with E-state index in [0.717, 1.165) is 16.7 Å². The number of halogens is 1. The number of sulfonamides is 1. The van der Waals surface area contributed by atoms with E-state index >= 15 is 0 Å². The van der Waals surface area contributed by atoms with E-state index in [0.29, 0.717) is 30.9 Å². The summed E-state index contributed by atoms with van der Waals surface area (Å²) in [6.45, 7) is 0.657. The Bertz CT molecular complexity index is 898. The second-order valence-electron chi connectivity index (χ2n) is 6.39. The monoisotopic (exact) mass is 397 g/mol. The predicted octanol–water partition coefficient (Wildman–Crippen LogP) is 2.48. The van der Waals surface area contributed by atoms with Crippen molar-refractivity contribution >= 4 is 32.4 Å². The van der Waals surface area contributed by atoms with Gasteiger partial charge >= 0.3 is 0 Å². The third kappa shape index (κ3) is 4.87. The Labute approximate surface area is 156 Å². The summed E-state index contributed by atoms with van der Waals surface area (Å²) >= 11 is 1.33. The van der Waals surface area contributed by atoms with Crippen LogP contribution in [0.15, 0.2) is 30.5 Å². The number of amides is 1. The molecule has 26 heavy (non-hydrogen) atoms. The smallest absolute Gasteiger partial charge is 0.230 e. The number of piperidine rings is 1. The van der Waals surface area contributed by atoms with E-state index in [1.54, 1.807) is 12.3 Å². The fourth-order valence-corrected chi connectivity index (χ4v) is 4.72. The van der Waals surface area contributed by atoms with Crippen LogP contribution in [0.3, 0.4) is 0 Å². The van der Waals surface area contributed by atoms with Gasteiger partial charge in [-0.05, 0) is 30.5 Å². The predicted molar refractivity (Wildman–Crippen MR) is 99.1 cm³/mol. The van der Waals surface area contributed by atoms with Crippen LogP contribution in [-0.2, 0) is 21.2 Å². The molecule has 1 atom stereocenters. The Morgan fingerprint density at radius 2 is 2.27 bits per heavy atom. The fourth-order valence-electron chi connectivity index (χ4n) is 2.96. The van der Waals surface area contributed by atoms with E-state index in [4.69, 9.17) is 0 Å². The molecule has 1 aromatic carbocycles. The van der Waals surface area contributed by atoms with Gasteiger partial charge < -0.3 is 5.32 Å². The molecule has 0 radical (unpaired) electrons. The zero-order valence-corrected chi connectivity index (χ0v) is 15.9. The summed E-state index contributed by atoms with van der Waals surface area (Å²) in [5.41, 5.74) is 0.836. The molecule has 1 aliphatic heterocycles. The van der Waals surface area contributed by atoms with Crippen LogP contribution in [-0.4, -0.2) is 43.0 Å². The lowest BCUT2D eigenvalue weighted by atomic mass is 9.99. The number of thiazole rings is 1. The van der Waals surface area contributed by atoms with E-state index in [9.17, 15) is 17.6 Å². The third-order valence-electron chi connectivity index (χ3n) is 4.28. The molecule has 0 aliphatic carbocycles. The quantitative estimate of drug-likeness (QED) is 0.841. The molecule has 1 N–H and O–H groups in total. The second kappa shape index (κ2) is 7.81. The van der Waals surface area contributed by atoms with E-state index in [1.807, 2.05) is 6.07 Å². The SMILES string of the molecule is CS(=O)(=O)N1CCC[C@@H](C(=O)Nc2ncc(Cc3cccc(F)c3)s2)C1. The summed E-state index contributed by atoms with van der Waals surface area (Å²) in [6, 6.07) is 6.36. The Balaban J connectivity index is 1.61. The van der Waals surface area contributed by atoms with Crippen molar-refractivity contribution in [2.45, 2.75) is 19.3 Å². The van der Waals surface area contributed by atoms with Crippen molar-refractivity contribution in [3.63, 3.8) is 0 Å². The zero-order chi connectivity index (χ0) is 18.7. The molecule has 1 saturated heterocycles. The molecule has 1 aliphatic rings. The standard InChI is InChI=1S/C17H20FN3O3S2/c1-26(23,24)21-7-3-5-13(11-21)16(22)20-17-19-10-15(25-17)9-12-4-2-6-14(18)8-12/h2,4,6,8,10,13H,3,5,7,9,11H2,1H3,(H,19,20,22)/t13-/m1/s1. The van der Waals surface area contributed by atoms with Gasteiger partial charge in [0, 0.05) is 30.6 Å². The molecule has 2 aromatic rings. The molecule has 1 fully saturated rings. The van der Waals surface area contributed by atoms with Gasteiger partial charge in [0.25, 0.3) is 0 Å². The molecule has 0 bridgehead atoms. The van der Waals surface area contributed by atoms with Crippen LogP contribution in [0.4, 0.5) is 9.52 Å². The summed E-state index contributed by atoms with van der Waals surface area (Å²) < 4.78 is 37.9. The highest BCUT2D eigenvalue weighted by Gasteiger charge is 2.30.